The number of nitrogens with zero attached hydrogens (tertiary/aromatic N) is 3. The van der Waals surface area contributed by atoms with Crippen molar-refractivity contribution in [3.63, 3.8) is 0 Å². The van der Waals surface area contributed by atoms with E-state index in [0.29, 0.717) is 0 Å². The van der Waals surface area contributed by atoms with Crippen LogP contribution in [0, 0.1) is 0 Å². The number of fused-ring (bicyclic) bond motifs is 2. The number of rotatable bonds is 5. The zero-order valence-electron chi connectivity index (χ0n) is 16.2. The van der Waals surface area contributed by atoms with Gasteiger partial charge >= 0.3 is 0 Å². The summed E-state index contributed by atoms with van der Waals surface area (Å²) >= 11 is 1.66. The van der Waals surface area contributed by atoms with Crippen LogP contribution in [0.2, 0.25) is 0 Å². The van der Waals surface area contributed by atoms with Gasteiger partial charge in [0.2, 0.25) is 0 Å². The lowest BCUT2D eigenvalue weighted by atomic mass is 9.93. The smallest absolute Gasteiger partial charge is 0.184 e. The van der Waals surface area contributed by atoms with Crippen LogP contribution < -0.4 is 5.32 Å². The van der Waals surface area contributed by atoms with Gasteiger partial charge in [0.15, 0.2) is 5.13 Å². The highest BCUT2D eigenvalue weighted by molar-refractivity contribution is 7.22. The molecule has 0 saturated heterocycles. The Kier molecular flexibility index (Phi) is 4.81. The highest BCUT2D eigenvalue weighted by Gasteiger charge is 2.23. The fourth-order valence-corrected chi connectivity index (χ4v) is 5.09. The fourth-order valence-electron chi connectivity index (χ4n) is 4.10. The van der Waals surface area contributed by atoms with Crippen LogP contribution in [-0.4, -0.2) is 31.8 Å². The number of hydrogen-bond donors (Lipinski definition) is 2. The van der Waals surface area contributed by atoms with Crippen LogP contribution in [0.4, 0.5) is 5.13 Å². The number of aromatic nitrogens is 3. The Bertz CT molecular complexity index is 1180. The number of hydrogen-bond acceptors (Lipinski definition) is 5. The third-order valence-corrected chi connectivity index (χ3v) is 6.67. The van der Waals surface area contributed by atoms with E-state index in [2.05, 4.69) is 57.8 Å². The third kappa shape index (κ3) is 3.66. The Balaban J connectivity index is 1.38. The number of aliphatic hydroxyl groups is 1. The molecule has 1 fully saturated rings. The van der Waals surface area contributed by atoms with Crippen molar-refractivity contribution in [3.8, 4) is 0 Å². The summed E-state index contributed by atoms with van der Waals surface area (Å²) in [6, 6.07) is 12.8. The molecule has 0 aliphatic heterocycles. The van der Waals surface area contributed by atoms with Crippen LogP contribution in [-0.2, 0) is 6.54 Å². The summed E-state index contributed by atoms with van der Waals surface area (Å²) in [4.78, 5) is 9.25. The van der Waals surface area contributed by atoms with Crippen molar-refractivity contribution in [2.24, 2.45) is 0 Å². The molecule has 29 heavy (non-hydrogen) atoms. The summed E-state index contributed by atoms with van der Waals surface area (Å²) < 4.78 is 3.33. The van der Waals surface area contributed by atoms with E-state index in [1.807, 2.05) is 12.4 Å². The lowest BCUT2D eigenvalue weighted by Crippen LogP contribution is -2.36. The maximum atomic E-state index is 10.2. The van der Waals surface area contributed by atoms with E-state index in [4.69, 9.17) is 4.98 Å². The van der Waals surface area contributed by atoms with Crippen molar-refractivity contribution in [1.29, 1.82) is 0 Å². The largest absolute Gasteiger partial charge is 0.391 e. The molecule has 4 aromatic rings. The number of benzene rings is 2. The van der Waals surface area contributed by atoms with Crippen LogP contribution in [0.1, 0.15) is 36.8 Å². The van der Waals surface area contributed by atoms with Gasteiger partial charge in [0.1, 0.15) is 0 Å². The molecular weight excluding hydrogens is 380 g/mol. The molecule has 5 rings (SSSR count). The number of aliphatic hydroxyl groups excluding tert-OH is 1. The van der Waals surface area contributed by atoms with Crippen molar-refractivity contribution in [3.05, 3.63) is 60.4 Å². The van der Waals surface area contributed by atoms with Crippen molar-refractivity contribution in [1.82, 2.24) is 14.5 Å². The van der Waals surface area contributed by atoms with E-state index in [1.54, 1.807) is 11.3 Å². The van der Waals surface area contributed by atoms with Gasteiger partial charge in [-0.25, -0.2) is 9.97 Å². The van der Waals surface area contributed by atoms with Gasteiger partial charge in [-0.2, -0.15) is 0 Å². The van der Waals surface area contributed by atoms with Gasteiger partial charge in [0, 0.05) is 6.54 Å². The molecule has 5 nitrogen and oxygen atoms in total. The molecule has 148 valence electrons. The first kappa shape index (κ1) is 18.3. The summed E-state index contributed by atoms with van der Waals surface area (Å²) in [6.07, 6.45) is 7.61. The van der Waals surface area contributed by atoms with E-state index in [-0.39, 0.29) is 12.1 Å². The second kappa shape index (κ2) is 7.61. The first-order chi connectivity index (χ1) is 14.2. The third-order valence-electron chi connectivity index (χ3n) is 5.72. The topological polar surface area (TPSA) is 63.0 Å². The monoisotopic (exact) mass is 404 g/mol. The second-order valence-electron chi connectivity index (χ2n) is 7.75. The molecule has 2 N–H and O–H groups in total. The number of anilines is 1. The normalized spacial score (nSPS) is 19.6. The zero-order chi connectivity index (χ0) is 19.8. The highest BCUT2D eigenvalue weighted by atomic mass is 32.1. The SMILES string of the molecule is C=Cc1ccc2c(c1)ncn2Cc1ccc2nc(NC3CCCCC3O)sc2c1. The van der Waals surface area contributed by atoms with Gasteiger partial charge in [-0.15, -0.1) is 0 Å². The van der Waals surface area contributed by atoms with Gasteiger partial charge in [-0.3, -0.25) is 0 Å². The van der Waals surface area contributed by atoms with Gasteiger partial charge in [-0.05, 0) is 48.2 Å². The number of imidazole rings is 1. The Morgan fingerprint density at radius 2 is 2.07 bits per heavy atom. The van der Waals surface area contributed by atoms with Crippen molar-refractivity contribution in [2.75, 3.05) is 5.32 Å². The van der Waals surface area contributed by atoms with Crippen LogP contribution >= 0.6 is 11.3 Å². The summed E-state index contributed by atoms with van der Waals surface area (Å²) in [5.74, 6) is 0. The average Bonchev–Trinajstić information content (AvgIpc) is 3.32. The average molecular weight is 405 g/mol. The molecular formula is C23H24N4OS. The van der Waals surface area contributed by atoms with Crippen LogP contribution in [0.25, 0.3) is 27.3 Å². The maximum absolute atomic E-state index is 10.2. The quantitative estimate of drug-likeness (QED) is 0.488. The van der Waals surface area contributed by atoms with Crippen LogP contribution in [0.5, 0.6) is 0 Å². The molecule has 0 amide bonds. The van der Waals surface area contributed by atoms with Crippen molar-refractivity contribution in [2.45, 2.75) is 44.4 Å². The van der Waals surface area contributed by atoms with Gasteiger partial charge in [0.05, 0.1) is 39.7 Å². The lowest BCUT2D eigenvalue weighted by Gasteiger charge is -2.27. The summed E-state index contributed by atoms with van der Waals surface area (Å²) in [5, 5.41) is 14.6. The Morgan fingerprint density at radius 1 is 1.17 bits per heavy atom. The zero-order valence-corrected chi connectivity index (χ0v) is 17.0. The maximum Gasteiger partial charge on any atom is 0.184 e. The van der Waals surface area contributed by atoms with Gasteiger partial charge in [-0.1, -0.05) is 49.0 Å². The molecule has 0 spiro atoms. The molecule has 2 atom stereocenters. The summed E-state index contributed by atoms with van der Waals surface area (Å²) in [5.41, 5.74) is 5.40. The molecule has 2 heterocycles. The fraction of sp³-hybridized carbons (Fsp3) is 0.304. The minimum absolute atomic E-state index is 0.113. The van der Waals surface area contributed by atoms with Crippen molar-refractivity contribution >= 4 is 43.8 Å². The Morgan fingerprint density at radius 3 is 2.93 bits per heavy atom. The minimum atomic E-state index is -0.276. The predicted molar refractivity (Wildman–Crippen MR) is 120 cm³/mol. The Labute approximate surface area is 173 Å². The molecule has 1 aliphatic carbocycles. The van der Waals surface area contributed by atoms with Crippen molar-refractivity contribution < 1.29 is 5.11 Å². The molecule has 0 radical (unpaired) electrons. The van der Waals surface area contributed by atoms with E-state index in [0.717, 1.165) is 64.2 Å². The first-order valence-corrected chi connectivity index (χ1v) is 10.9. The molecule has 0 bridgehead atoms. The number of thiazole rings is 1. The minimum Gasteiger partial charge on any atom is -0.391 e. The van der Waals surface area contributed by atoms with E-state index in [1.165, 1.54) is 5.56 Å². The summed E-state index contributed by atoms with van der Waals surface area (Å²) in [7, 11) is 0. The molecule has 1 aliphatic rings. The van der Waals surface area contributed by atoms with E-state index < -0.39 is 0 Å². The predicted octanol–water partition coefficient (Wildman–Crippen LogP) is 5.05. The second-order valence-corrected chi connectivity index (χ2v) is 8.78. The Hall–Kier alpha value is -2.70. The highest BCUT2D eigenvalue weighted by Crippen LogP contribution is 2.30. The lowest BCUT2D eigenvalue weighted by molar-refractivity contribution is 0.116. The molecule has 6 heteroatoms. The standard InChI is InChI=1S/C23H24N4OS/c1-2-15-8-10-20-19(11-15)24-14-27(20)13-16-7-9-18-22(12-16)29-23(26-18)25-17-5-3-4-6-21(17)28/h2,7-12,14,17,21,28H,1,3-6,13H2,(H,25,26). The number of nitrogens with one attached hydrogen (secondary N) is 1. The molecule has 2 aromatic heterocycles. The summed E-state index contributed by atoms with van der Waals surface area (Å²) in [6.45, 7) is 4.59. The molecule has 2 unspecified atom stereocenters. The van der Waals surface area contributed by atoms with Gasteiger partial charge < -0.3 is 15.0 Å². The molecule has 2 aromatic carbocycles. The molecule has 1 saturated carbocycles. The van der Waals surface area contributed by atoms with Crippen LogP contribution in [0.15, 0.2) is 49.3 Å². The first-order valence-electron chi connectivity index (χ1n) is 10.1. The van der Waals surface area contributed by atoms with Gasteiger partial charge in [0.25, 0.3) is 0 Å². The van der Waals surface area contributed by atoms with Crippen LogP contribution in [0.3, 0.4) is 0 Å². The van der Waals surface area contributed by atoms with E-state index in [9.17, 15) is 5.11 Å². The van der Waals surface area contributed by atoms with E-state index >= 15 is 0 Å².